The molecule has 1 rings (SSSR count). The Morgan fingerprint density at radius 3 is 2.10 bits per heavy atom. The highest BCUT2D eigenvalue weighted by Gasteiger charge is 2.51. The Kier molecular flexibility index (Phi) is 1.81. The van der Waals surface area contributed by atoms with Gasteiger partial charge in [-0.2, -0.15) is 0 Å². The standard InChI is InChI=1S/C7H15BO2/c1-6(9)4-5-7(6,2)10-8-3/h8-9H,4-5H2,1-3H3. The van der Waals surface area contributed by atoms with Gasteiger partial charge in [-0.05, 0) is 26.7 Å². The normalized spacial score (nSPS) is 46.4. The second-order valence-corrected chi connectivity index (χ2v) is 3.44. The highest BCUT2D eigenvalue weighted by atomic mass is 16.5. The van der Waals surface area contributed by atoms with Crippen LogP contribution in [0.25, 0.3) is 0 Å². The lowest BCUT2D eigenvalue weighted by atomic mass is 9.66. The van der Waals surface area contributed by atoms with Gasteiger partial charge in [0, 0.05) is 0 Å². The van der Waals surface area contributed by atoms with Crippen LogP contribution in [0.3, 0.4) is 0 Å². The molecule has 0 spiro atoms. The zero-order valence-corrected chi connectivity index (χ0v) is 6.98. The van der Waals surface area contributed by atoms with Crippen molar-refractivity contribution in [1.29, 1.82) is 0 Å². The summed E-state index contributed by atoms with van der Waals surface area (Å²) in [5.41, 5.74) is -0.870. The van der Waals surface area contributed by atoms with E-state index in [9.17, 15) is 5.11 Å². The van der Waals surface area contributed by atoms with Crippen LogP contribution < -0.4 is 0 Å². The third-order valence-electron chi connectivity index (χ3n) is 2.69. The number of hydrogen-bond acceptors (Lipinski definition) is 2. The molecule has 0 saturated heterocycles. The van der Waals surface area contributed by atoms with Gasteiger partial charge in [-0.25, -0.2) is 0 Å². The maximum absolute atomic E-state index is 9.64. The molecule has 1 N–H and O–H groups in total. The predicted octanol–water partition coefficient (Wildman–Crippen LogP) is 0.706. The van der Waals surface area contributed by atoms with Gasteiger partial charge < -0.3 is 9.76 Å². The van der Waals surface area contributed by atoms with Gasteiger partial charge in [0.05, 0.1) is 11.2 Å². The van der Waals surface area contributed by atoms with E-state index in [-0.39, 0.29) is 5.60 Å². The van der Waals surface area contributed by atoms with Gasteiger partial charge >= 0.3 is 0 Å². The summed E-state index contributed by atoms with van der Waals surface area (Å²) in [6.45, 7) is 5.77. The molecule has 1 aliphatic rings. The molecule has 1 saturated carbocycles. The van der Waals surface area contributed by atoms with Gasteiger partial charge in [-0.1, -0.05) is 6.82 Å². The topological polar surface area (TPSA) is 29.5 Å². The average molecular weight is 142 g/mol. The molecular formula is C7H15BO2. The van der Waals surface area contributed by atoms with Gasteiger partial charge in [0.2, 0.25) is 0 Å². The zero-order chi connectivity index (χ0) is 7.83. The number of aliphatic hydroxyl groups is 1. The van der Waals surface area contributed by atoms with Crippen LogP contribution in [-0.2, 0) is 4.65 Å². The Balaban J connectivity index is 2.53. The van der Waals surface area contributed by atoms with Crippen molar-refractivity contribution >= 4 is 7.48 Å². The monoisotopic (exact) mass is 142 g/mol. The summed E-state index contributed by atoms with van der Waals surface area (Å²) in [5.74, 6) is 0. The first-order valence-corrected chi connectivity index (χ1v) is 3.88. The summed E-state index contributed by atoms with van der Waals surface area (Å²) >= 11 is 0. The van der Waals surface area contributed by atoms with Crippen molar-refractivity contribution in [2.45, 2.75) is 44.7 Å². The molecule has 0 amide bonds. The molecule has 1 aliphatic carbocycles. The van der Waals surface area contributed by atoms with Gasteiger partial charge in [0.15, 0.2) is 0 Å². The van der Waals surface area contributed by atoms with Crippen LogP contribution in [0.2, 0.25) is 6.82 Å². The zero-order valence-electron chi connectivity index (χ0n) is 6.98. The first kappa shape index (κ1) is 8.09. The van der Waals surface area contributed by atoms with E-state index < -0.39 is 5.60 Å². The maximum atomic E-state index is 9.64. The molecule has 0 aromatic heterocycles. The van der Waals surface area contributed by atoms with Crippen molar-refractivity contribution in [3.05, 3.63) is 0 Å². The van der Waals surface area contributed by atoms with Gasteiger partial charge in [-0.15, -0.1) is 0 Å². The van der Waals surface area contributed by atoms with E-state index in [1.807, 2.05) is 20.7 Å². The smallest absolute Gasteiger partial charge is 0.272 e. The van der Waals surface area contributed by atoms with Crippen molar-refractivity contribution in [3.8, 4) is 0 Å². The second kappa shape index (κ2) is 2.24. The van der Waals surface area contributed by atoms with Gasteiger partial charge in [-0.3, -0.25) is 0 Å². The molecule has 10 heavy (non-hydrogen) atoms. The van der Waals surface area contributed by atoms with E-state index in [1.165, 1.54) is 0 Å². The molecule has 0 aromatic rings. The third-order valence-corrected chi connectivity index (χ3v) is 2.69. The molecular weight excluding hydrogens is 127 g/mol. The summed E-state index contributed by atoms with van der Waals surface area (Å²) < 4.78 is 5.43. The number of rotatable bonds is 2. The molecule has 0 bridgehead atoms. The lowest BCUT2D eigenvalue weighted by molar-refractivity contribution is -0.185. The highest BCUT2D eigenvalue weighted by molar-refractivity contribution is 6.25. The summed E-state index contributed by atoms with van der Waals surface area (Å²) in [6.07, 6.45) is 1.84. The van der Waals surface area contributed by atoms with Crippen LogP contribution >= 0.6 is 0 Å². The van der Waals surface area contributed by atoms with Crippen LogP contribution in [-0.4, -0.2) is 23.8 Å². The summed E-state index contributed by atoms with van der Waals surface area (Å²) in [7, 11) is 0.687. The fourth-order valence-electron chi connectivity index (χ4n) is 1.39. The van der Waals surface area contributed by atoms with Crippen LogP contribution in [0.4, 0.5) is 0 Å². The number of hydrogen-bond donors (Lipinski definition) is 1. The molecule has 2 atom stereocenters. The third kappa shape index (κ3) is 0.975. The van der Waals surface area contributed by atoms with Crippen molar-refractivity contribution < 1.29 is 9.76 Å². The minimum Gasteiger partial charge on any atom is -0.432 e. The minimum absolute atomic E-state index is 0.276. The van der Waals surface area contributed by atoms with Crippen LogP contribution in [0.15, 0.2) is 0 Å². The Morgan fingerprint density at radius 2 is 2.00 bits per heavy atom. The Labute approximate surface area is 62.9 Å². The Bertz CT molecular complexity index is 136. The largest absolute Gasteiger partial charge is 0.432 e. The molecule has 3 heteroatoms. The molecule has 1 fully saturated rings. The lowest BCUT2D eigenvalue weighted by Gasteiger charge is -2.52. The highest BCUT2D eigenvalue weighted by Crippen LogP contribution is 2.44. The first-order chi connectivity index (χ1) is 4.52. The van der Waals surface area contributed by atoms with Crippen molar-refractivity contribution in [3.63, 3.8) is 0 Å². The quantitative estimate of drug-likeness (QED) is 0.575. The molecule has 2 nitrogen and oxygen atoms in total. The lowest BCUT2D eigenvalue weighted by Crippen LogP contribution is -2.60. The van der Waals surface area contributed by atoms with E-state index in [2.05, 4.69) is 0 Å². The van der Waals surface area contributed by atoms with E-state index in [4.69, 9.17) is 4.65 Å². The molecule has 0 aliphatic heterocycles. The predicted molar refractivity (Wildman–Crippen MR) is 42.4 cm³/mol. The Morgan fingerprint density at radius 1 is 1.40 bits per heavy atom. The summed E-state index contributed by atoms with van der Waals surface area (Å²) in [6, 6.07) is 0. The Hall–Kier alpha value is -0.0151. The summed E-state index contributed by atoms with van der Waals surface area (Å²) in [5, 5.41) is 9.64. The van der Waals surface area contributed by atoms with Crippen LogP contribution in [0.1, 0.15) is 26.7 Å². The van der Waals surface area contributed by atoms with Gasteiger partial charge in [0.25, 0.3) is 7.48 Å². The van der Waals surface area contributed by atoms with Crippen molar-refractivity contribution in [2.75, 3.05) is 0 Å². The van der Waals surface area contributed by atoms with E-state index in [0.717, 1.165) is 12.8 Å². The summed E-state index contributed by atoms with van der Waals surface area (Å²) in [4.78, 5) is 0. The van der Waals surface area contributed by atoms with E-state index in [0.29, 0.717) is 7.48 Å². The van der Waals surface area contributed by atoms with Gasteiger partial charge in [0.1, 0.15) is 0 Å². The van der Waals surface area contributed by atoms with Crippen LogP contribution in [0, 0.1) is 0 Å². The minimum atomic E-state index is -0.594. The van der Waals surface area contributed by atoms with E-state index >= 15 is 0 Å². The SMILES string of the molecule is CBOC1(C)CCC1(C)O. The average Bonchev–Trinajstić information content (AvgIpc) is 1.86. The van der Waals surface area contributed by atoms with Crippen LogP contribution in [0.5, 0.6) is 0 Å². The molecule has 58 valence electrons. The maximum Gasteiger partial charge on any atom is 0.272 e. The fourth-order valence-corrected chi connectivity index (χ4v) is 1.39. The van der Waals surface area contributed by atoms with Crippen molar-refractivity contribution in [2.24, 2.45) is 0 Å². The molecule has 0 aromatic carbocycles. The molecule has 0 heterocycles. The van der Waals surface area contributed by atoms with Crippen molar-refractivity contribution in [1.82, 2.24) is 0 Å². The first-order valence-electron chi connectivity index (χ1n) is 3.88. The van der Waals surface area contributed by atoms with E-state index in [1.54, 1.807) is 0 Å². The molecule has 0 radical (unpaired) electrons. The second-order valence-electron chi connectivity index (χ2n) is 3.44. The fraction of sp³-hybridized carbons (Fsp3) is 1.00. The molecule has 2 unspecified atom stereocenters.